The van der Waals surface area contributed by atoms with Crippen molar-refractivity contribution < 1.29 is 30.0 Å². The number of carbonyl (C=O) groups excluding carboxylic acids is 3. The van der Waals surface area contributed by atoms with Crippen LogP contribution in [0, 0.1) is 0 Å². The van der Waals surface area contributed by atoms with Crippen molar-refractivity contribution in [1.29, 1.82) is 0 Å². The van der Waals surface area contributed by atoms with Gasteiger partial charge in [0.1, 0.15) is 0 Å². The van der Waals surface area contributed by atoms with Gasteiger partial charge < -0.3 is 17.2 Å². The SMILES string of the molecule is NC(=O)NO.NC(=O)NO.NC(=O)NO. The molecule has 0 unspecified atom stereocenters. The van der Waals surface area contributed by atoms with Gasteiger partial charge in [-0.05, 0) is 0 Å². The van der Waals surface area contributed by atoms with Crippen LogP contribution >= 0.6 is 0 Å². The van der Waals surface area contributed by atoms with Gasteiger partial charge in [0.2, 0.25) is 0 Å². The highest BCUT2D eigenvalue weighted by Crippen LogP contribution is 1.39. The Labute approximate surface area is 82.9 Å². The van der Waals surface area contributed by atoms with Gasteiger partial charge >= 0.3 is 18.1 Å². The molecule has 0 radical (unpaired) electrons. The van der Waals surface area contributed by atoms with Gasteiger partial charge in [0, 0.05) is 0 Å². The summed E-state index contributed by atoms with van der Waals surface area (Å²) in [5.41, 5.74) is 16.4. The van der Waals surface area contributed by atoms with Crippen molar-refractivity contribution in [3.8, 4) is 0 Å². The molecule has 0 spiro atoms. The van der Waals surface area contributed by atoms with Crippen LogP contribution in [-0.2, 0) is 0 Å². The Morgan fingerprint density at radius 1 is 0.667 bits per heavy atom. The molecule has 12 nitrogen and oxygen atoms in total. The molecule has 0 fully saturated rings. The van der Waals surface area contributed by atoms with E-state index >= 15 is 0 Å². The molecule has 90 valence electrons. The summed E-state index contributed by atoms with van der Waals surface area (Å²) in [5, 5.41) is 22.3. The van der Waals surface area contributed by atoms with E-state index < -0.39 is 18.1 Å². The van der Waals surface area contributed by atoms with Crippen LogP contribution in [0.15, 0.2) is 0 Å². The highest BCUT2D eigenvalue weighted by Gasteiger charge is 1.75. The van der Waals surface area contributed by atoms with E-state index in [0.717, 1.165) is 0 Å². The summed E-state index contributed by atoms with van der Waals surface area (Å²) in [4.78, 5) is 27.7. The summed E-state index contributed by atoms with van der Waals surface area (Å²) in [6, 6.07) is -2.82. The molecule has 0 aliphatic carbocycles. The Kier molecular flexibility index (Phi) is 17.5. The zero-order chi connectivity index (χ0) is 12.9. The summed E-state index contributed by atoms with van der Waals surface area (Å²) < 4.78 is 0. The Balaban J connectivity index is -0.000000144. The second-order valence-corrected chi connectivity index (χ2v) is 1.43. The second-order valence-electron chi connectivity index (χ2n) is 1.43. The van der Waals surface area contributed by atoms with E-state index in [1.54, 1.807) is 0 Å². The van der Waals surface area contributed by atoms with Crippen molar-refractivity contribution in [2.24, 2.45) is 17.2 Å². The average Bonchev–Trinajstić information content (AvgIpc) is 2.19. The van der Waals surface area contributed by atoms with Crippen LogP contribution in [0.5, 0.6) is 0 Å². The predicted molar refractivity (Wildman–Crippen MR) is 43.5 cm³/mol. The number of amides is 6. The largest absolute Gasteiger partial charge is 0.350 e. The molecular formula is C3H12N6O6. The molecule has 0 aliphatic rings. The first-order chi connectivity index (χ1) is 6.81. The van der Waals surface area contributed by atoms with Gasteiger partial charge in [0.15, 0.2) is 0 Å². The van der Waals surface area contributed by atoms with Gasteiger partial charge in [-0.25, -0.2) is 30.8 Å². The zero-order valence-corrected chi connectivity index (χ0v) is 7.30. The molecular weight excluding hydrogens is 216 g/mol. The molecule has 0 bridgehead atoms. The Morgan fingerprint density at radius 3 is 0.733 bits per heavy atom. The minimum Gasteiger partial charge on any atom is -0.350 e. The molecule has 0 saturated carbocycles. The number of rotatable bonds is 0. The molecule has 0 aromatic rings. The molecule has 12 N–H and O–H groups in total. The van der Waals surface area contributed by atoms with Crippen LogP contribution < -0.4 is 33.6 Å². The molecule has 0 rings (SSSR count). The number of hydrogen-bond donors (Lipinski definition) is 9. The summed E-state index contributed by atoms with van der Waals surface area (Å²) in [7, 11) is 0. The van der Waals surface area contributed by atoms with Crippen LogP contribution in [0.3, 0.4) is 0 Å². The maximum absolute atomic E-state index is 9.23. The first-order valence-electron chi connectivity index (χ1n) is 2.90. The smallest absolute Gasteiger partial charge is 0.335 e. The van der Waals surface area contributed by atoms with Gasteiger partial charge in [-0.1, -0.05) is 0 Å². The lowest BCUT2D eigenvalue weighted by molar-refractivity contribution is 0.169. The minimum absolute atomic E-state index is 0.940. The van der Waals surface area contributed by atoms with E-state index in [1.165, 1.54) is 16.4 Å². The summed E-state index contributed by atoms with van der Waals surface area (Å²) >= 11 is 0. The van der Waals surface area contributed by atoms with Gasteiger partial charge in [0.25, 0.3) is 0 Å². The molecule has 0 aliphatic heterocycles. The maximum atomic E-state index is 9.23. The van der Waals surface area contributed by atoms with E-state index in [1.807, 2.05) is 0 Å². The lowest BCUT2D eigenvalue weighted by Gasteiger charge is -1.79. The van der Waals surface area contributed by atoms with Gasteiger partial charge in [-0.15, -0.1) is 0 Å². The third-order valence-corrected chi connectivity index (χ3v) is 0.331. The first-order valence-corrected chi connectivity index (χ1v) is 2.90. The van der Waals surface area contributed by atoms with Crippen molar-refractivity contribution >= 4 is 18.1 Å². The Morgan fingerprint density at radius 2 is 0.733 bits per heavy atom. The summed E-state index contributed by atoms with van der Waals surface area (Å²) in [6.45, 7) is 0. The molecule has 6 amide bonds. The van der Waals surface area contributed by atoms with Crippen molar-refractivity contribution in [2.75, 3.05) is 0 Å². The molecule has 0 atom stereocenters. The highest BCUT2D eigenvalue weighted by atomic mass is 16.5. The number of hydrogen-bond acceptors (Lipinski definition) is 6. The zero-order valence-electron chi connectivity index (χ0n) is 7.30. The van der Waals surface area contributed by atoms with Gasteiger partial charge in [-0.2, -0.15) is 0 Å². The first kappa shape index (κ1) is 18.5. The van der Waals surface area contributed by atoms with E-state index in [0.29, 0.717) is 0 Å². The Bertz CT molecular complexity index is 162. The summed E-state index contributed by atoms with van der Waals surface area (Å²) in [5.74, 6) is 0. The average molecular weight is 228 g/mol. The quantitative estimate of drug-likeness (QED) is 0.156. The summed E-state index contributed by atoms with van der Waals surface area (Å²) in [6.07, 6.45) is 0. The fourth-order valence-corrected chi connectivity index (χ4v) is 0. The lowest BCUT2D eigenvalue weighted by Crippen LogP contribution is -2.25. The molecule has 0 aromatic carbocycles. The van der Waals surface area contributed by atoms with E-state index in [-0.39, 0.29) is 0 Å². The second kappa shape index (κ2) is 14.2. The molecule has 12 heteroatoms. The van der Waals surface area contributed by atoms with Crippen LogP contribution in [0.4, 0.5) is 14.4 Å². The number of primary amides is 3. The molecule has 0 aromatic heterocycles. The minimum atomic E-state index is -0.940. The van der Waals surface area contributed by atoms with Gasteiger partial charge in [0.05, 0.1) is 0 Å². The van der Waals surface area contributed by atoms with Crippen LogP contribution in [0.1, 0.15) is 0 Å². The van der Waals surface area contributed by atoms with E-state index in [2.05, 4.69) is 17.2 Å². The predicted octanol–water partition coefficient (Wildman–Crippen LogP) is -2.87. The van der Waals surface area contributed by atoms with Gasteiger partial charge in [-0.3, -0.25) is 15.6 Å². The lowest BCUT2D eigenvalue weighted by atomic mass is 11.2. The molecule has 0 heterocycles. The van der Waals surface area contributed by atoms with Crippen molar-refractivity contribution in [3.63, 3.8) is 0 Å². The number of nitrogens with one attached hydrogen (secondary N) is 3. The maximum Gasteiger partial charge on any atom is 0.335 e. The third kappa shape index (κ3) is 80.6. The van der Waals surface area contributed by atoms with E-state index in [9.17, 15) is 14.4 Å². The van der Waals surface area contributed by atoms with Crippen molar-refractivity contribution in [3.05, 3.63) is 0 Å². The van der Waals surface area contributed by atoms with Crippen LogP contribution in [-0.4, -0.2) is 33.7 Å². The van der Waals surface area contributed by atoms with Crippen molar-refractivity contribution in [1.82, 2.24) is 16.4 Å². The van der Waals surface area contributed by atoms with Crippen molar-refractivity contribution in [2.45, 2.75) is 0 Å². The molecule has 0 saturated heterocycles. The molecule has 15 heavy (non-hydrogen) atoms. The monoisotopic (exact) mass is 228 g/mol. The number of nitrogens with two attached hydrogens (primary N) is 3. The number of urea groups is 3. The topological polar surface area (TPSA) is 226 Å². The Hall–Kier alpha value is -2.31. The highest BCUT2D eigenvalue weighted by molar-refractivity contribution is 5.70. The standard InChI is InChI=1S/3CH4N2O2/c3*2-1(4)3-5/h3*5H,(H3,2,3,4). The fourth-order valence-electron chi connectivity index (χ4n) is 0. The van der Waals surface area contributed by atoms with Crippen LogP contribution in [0.25, 0.3) is 0 Å². The number of carbonyl (C=O) groups is 3. The third-order valence-electron chi connectivity index (χ3n) is 0.331. The van der Waals surface area contributed by atoms with Crippen LogP contribution in [0.2, 0.25) is 0 Å². The normalized spacial score (nSPS) is 6.60. The van der Waals surface area contributed by atoms with E-state index in [4.69, 9.17) is 15.6 Å². The fraction of sp³-hybridized carbons (Fsp3) is 0. The number of hydroxylamine groups is 3.